The fraction of sp³-hybridized carbons (Fsp3) is 0.214. The van der Waals surface area contributed by atoms with Crippen LogP contribution in [0.3, 0.4) is 0 Å². The molecule has 1 atom stereocenters. The predicted molar refractivity (Wildman–Crippen MR) is 71.4 cm³/mol. The third-order valence-corrected chi connectivity index (χ3v) is 2.95. The molecule has 0 saturated heterocycles. The fourth-order valence-corrected chi connectivity index (χ4v) is 1.91. The molecule has 1 aromatic rings. The Bertz CT molecular complexity index is 591. The molecule has 0 spiro atoms. The maximum atomic E-state index is 11.8. The summed E-state index contributed by atoms with van der Waals surface area (Å²) in [4.78, 5) is 11.8. The monoisotopic (exact) mass is 277 g/mol. The lowest BCUT2D eigenvalue weighted by molar-refractivity contribution is -0.120. The van der Waals surface area contributed by atoms with Crippen LogP contribution in [0.4, 0.5) is 0 Å². The predicted octanol–water partition coefficient (Wildman–Crippen LogP) is 1.41. The Balaban J connectivity index is 1.93. The van der Waals surface area contributed by atoms with Crippen LogP contribution in [0.5, 0.6) is 11.5 Å². The van der Waals surface area contributed by atoms with Crippen molar-refractivity contribution in [2.24, 2.45) is 0 Å². The van der Waals surface area contributed by atoms with Crippen LogP contribution in [0, 0.1) is 0 Å². The molecule has 0 aliphatic heterocycles. The SMILES string of the molecule is O=C(Cc1ccc(O)c(O)c1)NC1C=CC(O)=C(O)C1. The number of phenolic OH excluding ortho intramolecular Hbond substituents is 2. The molecule has 0 aromatic heterocycles. The maximum Gasteiger partial charge on any atom is 0.224 e. The maximum absolute atomic E-state index is 11.8. The van der Waals surface area contributed by atoms with Gasteiger partial charge in [0.05, 0.1) is 12.5 Å². The number of benzene rings is 1. The van der Waals surface area contributed by atoms with Crippen LogP contribution in [0.25, 0.3) is 0 Å². The molecule has 0 radical (unpaired) electrons. The Morgan fingerprint density at radius 3 is 2.60 bits per heavy atom. The number of carbonyl (C=O) groups is 1. The Labute approximate surface area is 115 Å². The number of phenols is 2. The highest BCUT2D eigenvalue weighted by atomic mass is 16.3. The summed E-state index contributed by atoms with van der Waals surface area (Å²) in [5.41, 5.74) is 0.556. The molecule has 1 aliphatic rings. The van der Waals surface area contributed by atoms with E-state index in [-0.39, 0.29) is 47.8 Å². The van der Waals surface area contributed by atoms with Gasteiger partial charge in [0.15, 0.2) is 17.3 Å². The summed E-state index contributed by atoms with van der Waals surface area (Å²) in [6.45, 7) is 0. The minimum absolute atomic E-state index is 0.0363. The standard InChI is InChI=1S/C14H15NO5/c16-10-3-1-8(5-12(10)18)6-14(20)15-9-2-4-11(17)13(19)7-9/h1-5,9,16-19H,6-7H2,(H,15,20). The van der Waals surface area contributed by atoms with E-state index in [2.05, 4.69) is 5.32 Å². The van der Waals surface area contributed by atoms with E-state index in [9.17, 15) is 25.2 Å². The van der Waals surface area contributed by atoms with E-state index < -0.39 is 0 Å². The number of nitrogens with one attached hydrogen (secondary N) is 1. The molecule has 1 aromatic carbocycles. The molecular weight excluding hydrogens is 262 g/mol. The van der Waals surface area contributed by atoms with Crippen molar-refractivity contribution in [1.82, 2.24) is 5.32 Å². The molecule has 5 N–H and O–H groups in total. The van der Waals surface area contributed by atoms with Crippen molar-refractivity contribution < 1.29 is 25.2 Å². The van der Waals surface area contributed by atoms with Gasteiger partial charge in [0.1, 0.15) is 5.76 Å². The number of aliphatic hydroxyl groups is 2. The fourth-order valence-electron chi connectivity index (χ4n) is 1.91. The summed E-state index contributed by atoms with van der Waals surface area (Å²) in [5.74, 6) is -1.17. The molecule has 20 heavy (non-hydrogen) atoms. The first kappa shape index (κ1) is 13.8. The van der Waals surface area contributed by atoms with Crippen LogP contribution in [0.1, 0.15) is 12.0 Å². The second kappa shape index (κ2) is 5.56. The first-order valence-corrected chi connectivity index (χ1v) is 6.05. The van der Waals surface area contributed by atoms with Gasteiger partial charge in [-0.2, -0.15) is 0 Å². The van der Waals surface area contributed by atoms with E-state index in [4.69, 9.17) is 0 Å². The highest BCUT2D eigenvalue weighted by Gasteiger charge is 2.17. The van der Waals surface area contributed by atoms with E-state index in [0.717, 1.165) is 0 Å². The summed E-state index contributed by atoms with van der Waals surface area (Å²) >= 11 is 0. The van der Waals surface area contributed by atoms with Crippen LogP contribution < -0.4 is 5.32 Å². The van der Waals surface area contributed by atoms with Crippen LogP contribution >= 0.6 is 0 Å². The van der Waals surface area contributed by atoms with Gasteiger partial charge in [0, 0.05) is 6.42 Å². The summed E-state index contributed by atoms with van der Waals surface area (Å²) < 4.78 is 0. The summed E-state index contributed by atoms with van der Waals surface area (Å²) in [6, 6.07) is 3.78. The van der Waals surface area contributed by atoms with Crippen molar-refractivity contribution in [3.63, 3.8) is 0 Å². The number of aromatic hydroxyl groups is 2. The van der Waals surface area contributed by atoms with Gasteiger partial charge in [-0.15, -0.1) is 0 Å². The van der Waals surface area contributed by atoms with Gasteiger partial charge < -0.3 is 25.7 Å². The number of rotatable bonds is 3. The van der Waals surface area contributed by atoms with Crippen LogP contribution in [-0.4, -0.2) is 32.4 Å². The quantitative estimate of drug-likeness (QED) is 0.537. The first-order valence-electron chi connectivity index (χ1n) is 6.05. The number of carbonyl (C=O) groups excluding carboxylic acids is 1. The highest BCUT2D eigenvalue weighted by Crippen LogP contribution is 2.25. The Hall–Kier alpha value is -2.63. The van der Waals surface area contributed by atoms with E-state index in [1.807, 2.05) is 0 Å². The summed E-state index contributed by atoms with van der Waals surface area (Å²) in [5, 5.41) is 39.8. The number of hydrogen-bond acceptors (Lipinski definition) is 5. The van der Waals surface area contributed by atoms with Crippen molar-refractivity contribution in [3.8, 4) is 11.5 Å². The number of hydrogen-bond donors (Lipinski definition) is 5. The molecule has 1 amide bonds. The lowest BCUT2D eigenvalue weighted by Gasteiger charge is -2.18. The lowest BCUT2D eigenvalue weighted by atomic mass is 10.1. The summed E-state index contributed by atoms with van der Waals surface area (Å²) in [6.07, 6.45) is 3.08. The Morgan fingerprint density at radius 2 is 1.95 bits per heavy atom. The van der Waals surface area contributed by atoms with Crippen LogP contribution in [0.15, 0.2) is 41.9 Å². The van der Waals surface area contributed by atoms with Gasteiger partial charge in [-0.05, 0) is 23.8 Å². The second-order valence-corrected chi connectivity index (χ2v) is 4.57. The zero-order valence-corrected chi connectivity index (χ0v) is 10.6. The van der Waals surface area contributed by atoms with Gasteiger partial charge in [0.25, 0.3) is 0 Å². The van der Waals surface area contributed by atoms with E-state index in [0.29, 0.717) is 5.56 Å². The van der Waals surface area contributed by atoms with E-state index >= 15 is 0 Å². The Morgan fingerprint density at radius 1 is 1.20 bits per heavy atom. The lowest BCUT2D eigenvalue weighted by Crippen LogP contribution is -2.35. The van der Waals surface area contributed by atoms with E-state index in [1.165, 1.54) is 24.3 Å². The number of aliphatic hydroxyl groups excluding tert-OH is 2. The van der Waals surface area contributed by atoms with Crippen LogP contribution in [0.2, 0.25) is 0 Å². The van der Waals surface area contributed by atoms with E-state index in [1.54, 1.807) is 6.08 Å². The zero-order valence-electron chi connectivity index (χ0n) is 10.6. The van der Waals surface area contributed by atoms with Gasteiger partial charge in [-0.25, -0.2) is 0 Å². The zero-order chi connectivity index (χ0) is 14.7. The van der Waals surface area contributed by atoms with Gasteiger partial charge in [-0.1, -0.05) is 12.1 Å². The minimum atomic E-state index is -0.385. The number of allylic oxidation sites excluding steroid dienone is 1. The van der Waals surface area contributed by atoms with Gasteiger partial charge in [0.2, 0.25) is 5.91 Å². The smallest absolute Gasteiger partial charge is 0.224 e. The average molecular weight is 277 g/mol. The highest BCUT2D eigenvalue weighted by molar-refractivity contribution is 5.79. The molecule has 0 saturated carbocycles. The molecule has 0 heterocycles. The molecule has 0 bridgehead atoms. The van der Waals surface area contributed by atoms with Gasteiger partial charge >= 0.3 is 0 Å². The molecule has 106 valence electrons. The molecule has 1 aliphatic carbocycles. The average Bonchev–Trinajstić information content (AvgIpc) is 2.38. The van der Waals surface area contributed by atoms with Crippen molar-refractivity contribution in [2.45, 2.75) is 18.9 Å². The molecule has 6 heteroatoms. The molecule has 2 rings (SSSR count). The molecule has 1 unspecified atom stereocenters. The second-order valence-electron chi connectivity index (χ2n) is 4.57. The third-order valence-electron chi connectivity index (χ3n) is 2.95. The topological polar surface area (TPSA) is 110 Å². The van der Waals surface area contributed by atoms with Gasteiger partial charge in [-0.3, -0.25) is 4.79 Å². The van der Waals surface area contributed by atoms with Crippen LogP contribution in [-0.2, 0) is 11.2 Å². The first-order chi connectivity index (χ1) is 9.45. The molecular formula is C14H15NO5. The Kier molecular flexibility index (Phi) is 3.84. The van der Waals surface area contributed by atoms with Crippen molar-refractivity contribution in [1.29, 1.82) is 0 Å². The normalized spacial score (nSPS) is 18.1. The number of amides is 1. The van der Waals surface area contributed by atoms with Crippen molar-refractivity contribution >= 4 is 5.91 Å². The molecule has 6 nitrogen and oxygen atoms in total. The molecule has 0 fully saturated rings. The minimum Gasteiger partial charge on any atom is -0.508 e. The van der Waals surface area contributed by atoms with Crippen molar-refractivity contribution in [2.75, 3.05) is 0 Å². The summed E-state index contributed by atoms with van der Waals surface area (Å²) in [7, 11) is 0. The third kappa shape index (κ3) is 3.23. The van der Waals surface area contributed by atoms with Crippen molar-refractivity contribution in [3.05, 3.63) is 47.4 Å². The largest absolute Gasteiger partial charge is 0.508 e.